The third kappa shape index (κ3) is 1.67. The zero-order valence-electron chi connectivity index (χ0n) is 9.42. The maximum absolute atomic E-state index is 7.99. The molecule has 2 heteroatoms. The van der Waals surface area contributed by atoms with Crippen LogP contribution in [0.3, 0.4) is 0 Å². The fraction of sp³-hybridized carbons (Fsp3) is 0.917. The minimum absolute atomic E-state index is 0.679. The van der Waals surface area contributed by atoms with Gasteiger partial charge in [-0.25, -0.2) is 0 Å². The Morgan fingerprint density at radius 1 is 1.21 bits per heavy atom. The molecule has 2 fully saturated rings. The van der Waals surface area contributed by atoms with E-state index in [1.54, 1.807) is 0 Å². The molecule has 0 spiro atoms. The quantitative estimate of drug-likeness (QED) is 0.682. The molecule has 0 amide bonds. The van der Waals surface area contributed by atoms with E-state index in [2.05, 4.69) is 18.7 Å². The van der Waals surface area contributed by atoms with Gasteiger partial charge in [-0.2, -0.15) is 0 Å². The van der Waals surface area contributed by atoms with E-state index < -0.39 is 0 Å². The van der Waals surface area contributed by atoms with Gasteiger partial charge in [0.25, 0.3) is 0 Å². The van der Waals surface area contributed by atoms with Crippen LogP contribution in [0.15, 0.2) is 0 Å². The summed E-state index contributed by atoms with van der Waals surface area (Å²) in [6, 6.07) is 0.679. The molecule has 2 rings (SSSR count). The third-order valence-corrected chi connectivity index (χ3v) is 4.23. The van der Waals surface area contributed by atoms with E-state index in [1.807, 2.05) is 0 Å². The van der Waals surface area contributed by atoms with Crippen molar-refractivity contribution < 1.29 is 0 Å². The molecule has 0 aromatic rings. The lowest BCUT2D eigenvalue weighted by Gasteiger charge is -2.37. The maximum atomic E-state index is 7.99. The lowest BCUT2D eigenvalue weighted by Crippen LogP contribution is -2.44. The summed E-state index contributed by atoms with van der Waals surface area (Å²) in [5, 5.41) is 7.99. The van der Waals surface area contributed by atoms with Gasteiger partial charge in [0, 0.05) is 19.0 Å². The lowest BCUT2D eigenvalue weighted by atomic mass is 9.95. The highest BCUT2D eigenvalue weighted by Crippen LogP contribution is 2.35. The van der Waals surface area contributed by atoms with Crippen LogP contribution in [0.5, 0.6) is 0 Å². The molecular weight excluding hydrogens is 172 g/mol. The highest BCUT2D eigenvalue weighted by molar-refractivity contribution is 5.80. The topological polar surface area (TPSA) is 27.1 Å². The van der Waals surface area contributed by atoms with E-state index >= 15 is 0 Å². The smallest absolute Gasteiger partial charge is 0.0960 e. The Labute approximate surface area is 87.2 Å². The second-order valence-electron chi connectivity index (χ2n) is 5.08. The lowest BCUT2D eigenvalue weighted by molar-refractivity contribution is 0.225. The van der Waals surface area contributed by atoms with Crippen molar-refractivity contribution in [2.75, 3.05) is 6.54 Å². The minimum Gasteiger partial charge on any atom is -0.357 e. The number of nitrogens with one attached hydrogen (secondary N) is 1. The fourth-order valence-electron chi connectivity index (χ4n) is 3.00. The summed E-state index contributed by atoms with van der Waals surface area (Å²) >= 11 is 0. The molecule has 0 aromatic carbocycles. The number of amidine groups is 1. The Balaban J connectivity index is 2.03. The van der Waals surface area contributed by atoms with E-state index in [0.717, 1.165) is 30.6 Å². The normalized spacial score (nSPS) is 39.1. The minimum atomic E-state index is 0.679. The molecule has 0 aromatic heterocycles. The first-order valence-electron chi connectivity index (χ1n) is 6.04. The standard InChI is InChI=1S/C12H22N2/c1-9-6-7-11(10(9)2)14-8-4-3-5-12(14)13/h9-11,13H,3-8H2,1-2H3. The van der Waals surface area contributed by atoms with Crippen molar-refractivity contribution in [1.82, 2.24) is 4.90 Å². The van der Waals surface area contributed by atoms with Crippen LogP contribution >= 0.6 is 0 Å². The number of hydrogen-bond acceptors (Lipinski definition) is 1. The van der Waals surface area contributed by atoms with Crippen molar-refractivity contribution in [1.29, 1.82) is 5.41 Å². The Kier molecular flexibility index (Phi) is 2.80. The fourth-order valence-corrected chi connectivity index (χ4v) is 3.00. The summed E-state index contributed by atoms with van der Waals surface area (Å²) in [6.45, 7) is 5.86. The van der Waals surface area contributed by atoms with Crippen molar-refractivity contribution in [2.45, 2.75) is 52.0 Å². The molecular formula is C12H22N2. The summed E-state index contributed by atoms with van der Waals surface area (Å²) in [6.07, 6.45) is 6.20. The van der Waals surface area contributed by atoms with Crippen LogP contribution in [-0.4, -0.2) is 23.3 Å². The molecule has 3 atom stereocenters. The molecule has 80 valence electrons. The third-order valence-electron chi connectivity index (χ3n) is 4.23. The van der Waals surface area contributed by atoms with Crippen molar-refractivity contribution in [3.63, 3.8) is 0 Å². The largest absolute Gasteiger partial charge is 0.357 e. The highest BCUT2D eigenvalue weighted by Gasteiger charge is 2.35. The van der Waals surface area contributed by atoms with Crippen molar-refractivity contribution >= 4 is 5.84 Å². The van der Waals surface area contributed by atoms with E-state index in [-0.39, 0.29) is 0 Å². The van der Waals surface area contributed by atoms with Crippen molar-refractivity contribution in [3.05, 3.63) is 0 Å². The Morgan fingerprint density at radius 3 is 2.57 bits per heavy atom. The summed E-state index contributed by atoms with van der Waals surface area (Å²) in [4.78, 5) is 2.39. The van der Waals surface area contributed by atoms with Gasteiger partial charge in [0.15, 0.2) is 0 Å². The van der Waals surface area contributed by atoms with Gasteiger partial charge in [-0.15, -0.1) is 0 Å². The first-order valence-corrected chi connectivity index (χ1v) is 6.04. The predicted octanol–water partition coefficient (Wildman–Crippen LogP) is 2.88. The van der Waals surface area contributed by atoms with Crippen LogP contribution in [0.2, 0.25) is 0 Å². The molecule has 1 aliphatic heterocycles. The molecule has 14 heavy (non-hydrogen) atoms. The average molecular weight is 194 g/mol. The van der Waals surface area contributed by atoms with Crippen molar-refractivity contribution in [2.24, 2.45) is 11.8 Å². The highest BCUT2D eigenvalue weighted by atomic mass is 15.2. The summed E-state index contributed by atoms with van der Waals surface area (Å²) in [5.74, 6) is 2.55. The molecule has 0 bridgehead atoms. The molecule has 0 radical (unpaired) electrons. The molecule has 1 aliphatic carbocycles. The van der Waals surface area contributed by atoms with Gasteiger partial charge in [-0.05, 0) is 37.5 Å². The van der Waals surface area contributed by atoms with Crippen LogP contribution < -0.4 is 0 Å². The first-order chi connectivity index (χ1) is 6.70. The predicted molar refractivity (Wildman–Crippen MR) is 59.6 cm³/mol. The molecule has 1 heterocycles. The van der Waals surface area contributed by atoms with E-state index in [9.17, 15) is 0 Å². The molecule has 1 N–H and O–H groups in total. The Hall–Kier alpha value is -0.530. The second kappa shape index (κ2) is 3.92. The van der Waals surface area contributed by atoms with Gasteiger partial charge < -0.3 is 4.90 Å². The van der Waals surface area contributed by atoms with Crippen molar-refractivity contribution in [3.8, 4) is 0 Å². The van der Waals surface area contributed by atoms with Crippen LogP contribution in [0.4, 0.5) is 0 Å². The molecule has 1 saturated carbocycles. The Morgan fingerprint density at radius 2 is 2.00 bits per heavy atom. The summed E-state index contributed by atoms with van der Waals surface area (Å²) in [7, 11) is 0. The molecule has 2 nitrogen and oxygen atoms in total. The molecule has 1 saturated heterocycles. The number of nitrogens with zero attached hydrogens (tertiary/aromatic N) is 1. The summed E-state index contributed by atoms with van der Waals surface area (Å²) < 4.78 is 0. The monoisotopic (exact) mass is 194 g/mol. The van der Waals surface area contributed by atoms with Crippen LogP contribution in [0, 0.1) is 17.2 Å². The van der Waals surface area contributed by atoms with Gasteiger partial charge in [0.1, 0.15) is 0 Å². The maximum Gasteiger partial charge on any atom is 0.0960 e. The number of hydrogen-bond donors (Lipinski definition) is 1. The van der Waals surface area contributed by atoms with Gasteiger partial charge in [0.2, 0.25) is 0 Å². The van der Waals surface area contributed by atoms with E-state index in [1.165, 1.54) is 25.7 Å². The van der Waals surface area contributed by atoms with E-state index in [0.29, 0.717) is 6.04 Å². The SMILES string of the molecule is CC1CCC(N2CCCCC2=N)C1C. The van der Waals surface area contributed by atoms with Crippen LogP contribution in [0.1, 0.15) is 46.0 Å². The second-order valence-corrected chi connectivity index (χ2v) is 5.08. The Bertz CT molecular complexity index is 224. The molecule has 2 aliphatic rings. The molecule has 3 unspecified atom stereocenters. The number of rotatable bonds is 1. The first kappa shape index (κ1) is 10.0. The zero-order chi connectivity index (χ0) is 10.1. The van der Waals surface area contributed by atoms with Gasteiger partial charge in [-0.3, -0.25) is 5.41 Å². The summed E-state index contributed by atoms with van der Waals surface area (Å²) in [5.41, 5.74) is 0. The number of piperidine rings is 1. The van der Waals surface area contributed by atoms with Gasteiger partial charge in [-0.1, -0.05) is 13.8 Å². The van der Waals surface area contributed by atoms with E-state index in [4.69, 9.17) is 5.41 Å². The van der Waals surface area contributed by atoms with Crippen LogP contribution in [-0.2, 0) is 0 Å². The zero-order valence-corrected chi connectivity index (χ0v) is 9.42. The van der Waals surface area contributed by atoms with Crippen LogP contribution in [0.25, 0.3) is 0 Å². The number of likely N-dealkylation sites (tertiary alicyclic amines) is 1. The average Bonchev–Trinajstić information content (AvgIpc) is 2.49. The van der Waals surface area contributed by atoms with Gasteiger partial charge in [0.05, 0.1) is 5.84 Å². The van der Waals surface area contributed by atoms with Gasteiger partial charge >= 0.3 is 0 Å².